The fraction of sp³-hybridized carbons (Fsp3) is 0.545. The summed E-state index contributed by atoms with van der Waals surface area (Å²) in [4.78, 5) is 27.4. The molecule has 1 aromatic heterocycles. The van der Waals surface area contributed by atoms with E-state index in [1.54, 1.807) is 24.3 Å². The molecule has 1 aromatic carbocycles. The van der Waals surface area contributed by atoms with Crippen molar-refractivity contribution >= 4 is 28.8 Å². The van der Waals surface area contributed by atoms with Crippen LogP contribution in [0.5, 0.6) is 0 Å². The average molecular weight is 430 g/mol. The van der Waals surface area contributed by atoms with Crippen molar-refractivity contribution in [1.82, 2.24) is 20.4 Å². The Morgan fingerprint density at radius 2 is 1.90 bits per heavy atom. The maximum atomic E-state index is 12.5. The normalized spacial score (nSPS) is 14.8. The summed E-state index contributed by atoms with van der Waals surface area (Å²) in [5.41, 5.74) is 1.11. The maximum absolute atomic E-state index is 12.5. The van der Waals surface area contributed by atoms with Crippen LogP contribution in [0.4, 0.5) is 5.69 Å². The molecule has 8 heteroatoms. The van der Waals surface area contributed by atoms with Crippen LogP contribution >= 0.6 is 11.3 Å². The van der Waals surface area contributed by atoms with Crippen LogP contribution in [0.25, 0.3) is 0 Å². The summed E-state index contributed by atoms with van der Waals surface area (Å²) in [5, 5.41) is 15.0. The van der Waals surface area contributed by atoms with Crippen LogP contribution in [0.2, 0.25) is 0 Å². The molecule has 2 heterocycles. The Labute approximate surface area is 182 Å². The standard InChI is InChI=1S/C22H31N5O2S/c1-2-9-19-25-26-22(30-19)21(29)24-18-11-7-10-17(16-18)20(28)23-12-8-15-27-13-5-3-4-6-14-27/h7,10-11,16H,2-6,8-9,12-15H2,1H3,(H,23,28)(H,24,29). The largest absolute Gasteiger partial charge is 0.352 e. The van der Waals surface area contributed by atoms with E-state index in [-0.39, 0.29) is 11.8 Å². The number of nitrogens with zero attached hydrogens (tertiary/aromatic N) is 3. The molecule has 30 heavy (non-hydrogen) atoms. The second-order valence-corrected chi connectivity index (χ2v) is 8.71. The number of aromatic nitrogens is 2. The number of hydrogen-bond acceptors (Lipinski definition) is 6. The SMILES string of the molecule is CCCc1nnc(C(=O)Nc2cccc(C(=O)NCCCN3CCCCCC3)c2)s1. The summed E-state index contributed by atoms with van der Waals surface area (Å²) >= 11 is 1.30. The van der Waals surface area contributed by atoms with Crippen molar-refractivity contribution in [3.8, 4) is 0 Å². The lowest BCUT2D eigenvalue weighted by Crippen LogP contribution is -2.30. The van der Waals surface area contributed by atoms with Crippen LogP contribution in [-0.4, -0.2) is 53.1 Å². The molecule has 1 fully saturated rings. The summed E-state index contributed by atoms with van der Waals surface area (Å²) in [5.74, 6) is -0.423. The number of likely N-dealkylation sites (tertiary alicyclic amines) is 1. The predicted molar refractivity (Wildman–Crippen MR) is 120 cm³/mol. The molecule has 7 nitrogen and oxygen atoms in total. The van der Waals surface area contributed by atoms with E-state index < -0.39 is 0 Å². The number of anilines is 1. The van der Waals surface area contributed by atoms with Crippen molar-refractivity contribution in [2.24, 2.45) is 0 Å². The Morgan fingerprint density at radius 3 is 2.67 bits per heavy atom. The van der Waals surface area contributed by atoms with E-state index in [9.17, 15) is 9.59 Å². The van der Waals surface area contributed by atoms with Crippen LogP contribution < -0.4 is 10.6 Å². The number of hydrogen-bond donors (Lipinski definition) is 2. The molecule has 2 aromatic rings. The third-order valence-corrected chi connectivity index (χ3v) is 6.12. The Kier molecular flexibility index (Phi) is 8.77. The van der Waals surface area contributed by atoms with Gasteiger partial charge in [-0.25, -0.2) is 0 Å². The fourth-order valence-electron chi connectivity index (χ4n) is 3.55. The molecule has 1 aliphatic heterocycles. The molecule has 0 unspecified atom stereocenters. The molecule has 3 rings (SSSR count). The Morgan fingerprint density at radius 1 is 1.10 bits per heavy atom. The molecule has 0 spiro atoms. The third-order valence-electron chi connectivity index (χ3n) is 5.14. The molecule has 1 aliphatic rings. The highest BCUT2D eigenvalue weighted by atomic mass is 32.1. The quantitative estimate of drug-likeness (QED) is 0.593. The number of benzene rings is 1. The number of carbonyl (C=O) groups excluding carboxylic acids is 2. The maximum Gasteiger partial charge on any atom is 0.286 e. The lowest BCUT2D eigenvalue weighted by atomic mass is 10.2. The van der Waals surface area contributed by atoms with Gasteiger partial charge in [-0.15, -0.1) is 10.2 Å². The van der Waals surface area contributed by atoms with Crippen molar-refractivity contribution in [3.63, 3.8) is 0 Å². The van der Waals surface area contributed by atoms with Gasteiger partial charge in [0.15, 0.2) is 0 Å². The van der Waals surface area contributed by atoms with E-state index in [1.165, 1.54) is 50.1 Å². The first-order valence-electron chi connectivity index (χ1n) is 10.9. The highest BCUT2D eigenvalue weighted by molar-refractivity contribution is 7.13. The zero-order valence-corrected chi connectivity index (χ0v) is 18.5. The first-order valence-corrected chi connectivity index (χ1v) is 11.7. The van der Waals surface area contributed by atoms with Gasteiger partial charge < -0.3 is 15.5 Å². The number of rotatable bonds is 9. The van der Waals surface area contributed by atoms with Crippen molar-refractivity contribution in [2.75, 3.05) is 31.5 Å². The first kappa shape index (κ1) is 22.4. The zero-order valence-electron chi connectivity index (χ0n) is 17.7. The molecule has 0 aliphatic carbocycles. The smallest absolute Gasteiger partial charge is 0.286 e. The molecule has 2 amide bonds. The van der Waals surface area contributed by atoms with Gasteiger partial charge in [0.05, 0.1) is 0 Å². The van der Waals surface area contributed by atoms with Crippen LogP contribution in [0.1, 0.15) is 70.6 Å². The molecule has 0 atom stereocenters. The Hall–Kier alpha value is -2.32. The topological polar surface area (TPSA) is 87.2 Å². The molecule has 0 bridgehead atoms. The minimum Gasteiger partial charge on any atom is -0.352 e. The summed E-state index contributed by atoms with van der Waals surface area (Å²) in [7, 11) is 0. The molecular formula is C22H31N5O2S. The average Bonchev–Trinajstić information content (AvgIpc) is 3.06. The molecule has 2 N–H and O–H groups in total. The Bertz CT molecular complexity index is 830. The summed E-state index contributed by atoms with van der Waals surface area (Å²) in [6.45, 7) is 6.08. The molecule has 162 valence electrons. The molecule has 0 saturated carbocycles. The lowest BCUT2D eigenvalue weighted by molar-refractivity contribution is 0.0950. The first-order chi connectivity index (χ1) is 14.7. The van der Waals surface area contributed by atoms with Gasteiger partial charge in [0.25, 0.3) is 11.8 Å². The van der Waals surface area contributed by atoms with Crippen molar-refractivity contribution in [2.45, 2.75) is 51.9 Å². The second-order valence-electron chi connectivity index (χ2n) is 7.65. The van der Waals surface area contributed by atoms with Gasteiger partial charge in [0.1, 0.15) is 5.01 Å². The van der Waals surface area contributed by atoms with Crippen molar-refractivity contribution < 1.29 is 9.59 Å². The van der Waals surface area contributed by atoms with Crippen LogP contribution in [0, 0.1) is 0 Å². The molecular weight excluding hydrogens is 398 g/mol. The van der Waals surface area contributed by atoms with Crippen LogP contribution in [-0.2, 0) is 6.42 Å². The Balaban J connectivity index is 1.46. The minimum absolute atomic E-state index is 0.122. The predicted octanol–water partition coefficient (Wildman–Crippen LogP) is 3.74. The number of carbonyl (C=O) groups is 2. The molecule has 1 saturated heterocycles. The van der Waals surface area contributed by atoms with Gasteiger partial charge >= 0.3 is 0 Å². The number of aryl methyl sites for hydroxylation is 1. The van der Waals surface area contributed by atoms with Gasteiger partial charge in [-0.05, 0) is 63.5 Å². The van der Waals surface area contributed by atoms with Gasteiger partial charge in [-0.3, -0.25) is 9.59 Å². The van der Waals surface area contributed by atoms with Crippen molar-refractivity contribution in [1.29, 1.82) is 0 Å². The monoisotopic (exact) mass is 429 g/mol. The number of amides is 2. The van der Waals surface area contributed by atoms with Crippen LogP contribution in [0.15, 0.2) is 24.3 Å². The van der Waals surface area contributed by atoms with E-state index in [2.05, 4.69) is 32.7 Å². The zero-order chi connectivity index (χ0) is 21.2. The summed E-state index contributed by atoms with van der Waals surface area (Å²) in [6.07, 6.45) is 7.95. The van der Waals surface area contributed by atoms with Crippen LogP contribution in [0.3, 0.4) is 0 Å². The van der Waals surface area contributed by atoms with E-state index in [1.807, 2.05) is 0 Å². The number of nitrogens with one attached hydrogen (secondary N) is 2. The van der Waals surface area contributed by atoms with E-state index in [4.69, 9.17) is 0 Å². The third kappa shape index (κ3) is 6.88. The highest BCUT2D eigenvalue weighted by Gasteiger charge is 2.14. The minimum atomic E-state index is -0.301. The van der Waals surface area contributed by atoms with E-state index in [0.717, 1.165) is 30.8 Å². The van der Waals surface area contributed by atoms with Crippen molar-refractivity contribution in [3.05, 3.63) is 39.8 Å². The van der Waals surface area contributed by atoms with Gasteiger partial charge in [0.2, 0.25) is 5.01 Å². The lowest BCUT2D eigenvalue weighted by Gasteiger charge is -2.19. The van der Waals surface area contributed by atoms with E-state index in [0.29, 0.717) is 22.8 Å². The van der Waals surface area contributed by atoms with Gasteiger partial charge in [-0.2, -0.15) is 0 Å². The van der Waals surface area contributed by atoms with E-state index >= 15 is 0 Å². The summed E-state index contributed by atoms with van der Waals surface area (Å²) < 4.78 is 0. The fourth-order valence-corrected chi connectivity index (χ4v) is 4.39. The van der Waals surface area contributed by atoms with Gasteiger partial charge in [-0.1, -0.05) is 37.2 Å². The van der Waals surface area contributed by atoms with Gasteiger partial charge in [0, 0.05) is 24.2 Å². The molecule has 0 radical (unpaired) electrons. The second kappa shape index (κ2) is 11.8. The highest BCUT2D eigenvalue weighted by Crippen LogP contribution is 2.16. The summed E-state index contributed by atoms with van der Waals surface area (Å²) in [6, 6.07) is 6.98.